The van der Waals surface area contributed by atoms with E-state index in [4.69, 9.17) is 5.73 Å². The molecule has 0 radical (unpaired) electrons. The Balaban J connectivity index is 2.15. The maximum atomic E-state index is 5.91. The zero-order chi connectivity index (χ0) is 11.1. The number of H-pyrrole nitrogens is 1. The maximum Gasteiger partial charge on any atom is 0.181 e. The molecule has 0 bridgehead atoms. The predicted molar refractivity (Wildman–Crippen MR) is 64.2 cm³/mol. The molecule has 16 heavy (non-hydrogen) atoms. The van der Waals surface area contributed by atoms with E-state index in [0.717, 1.165) is 22.4 Å². The number of nitrogens with two attached hydrogens (primary N) is 1. The lowest BCUT2D eigenvalue weighted by atomic mass is 10.0. The molecule has 0 amide bonds. The lowest BCUT2D eigenvalue weighted by Crippen LogP contribution is -1.95. The number of nitrogens with one attached hydrogen (secondary N) is 1. The molecule has 0 aliphatic heterocycles. The molecule has 2 aromatic heterocycles. The molecule has 0 aromatic carbocycles. The highest BCUT2D eigenvalue weighted by Gasteiger charge is 2.21. The molecule has 0 unspecified atom stereocenters. The quantitative estimate of drug-likeness (QED) is 0.769. The van der Waals surface area contributed by atoms with E-state index < -0.39 is 0 Å². The number of nitrogen functional groups attached to an aromatic ring is 1. The molecule has 3 rings (SSSR count). The number of anilines is 1. The second-order valence-corrected chi connectivity index (χ2v) is 4.65. The molecule has 0 atom stereocenters. The van der Waals surface area contributed by atoms with Crippen molar-refractivity contribution in [2.24, 2.45) is 0 Å². The summed E-state index contributed by atoms with van der Waals surface area (Å²) in [6, 6.07) is 2.01. The van der Waals surface area contributed by atoms with Crippen LogP contribution in [0.15, 0.2) is 6.07 Å². The van der Waals surface area contributed by atoms with Crippen LogP contribution in [0.25, 0.3) is 11.0 Å². The molecule has 2 heterocycles. The van der Waals surface area contributed by atoms with Gasteiger partial charge < -0.3 is 5.73 Å². The first-order valence-corrected chi connectivity index (χ1v) is 5.87. The van der Waals surface area contributed by atoms with Crippen molar-refractivity contribution in [3.63, 3.8) is 0 Å². The smallest absolute Gasteiger partial charge is 0.181 e. The van der Waals surface area contributed by atoms with Gasteiger partial charge in [-0.15, -0.1) is 0 Å². The Bertz CT molecular complexity index is 523. The van der Waals surface area contributed by atoms with E-state index in [0.29, 0.717) is 5.92 Å². The molecule has 1 aliphatic carbocycles. The van der Waals surface area contributed by atoms with Crippen molar-refractivity contribution in [2.75, 3.05) is 5.73 Å². The fraction of sp³-hybridized carbons (Fsp3) is 0.500. The van der Waals surface area contributed by atoms with E-state index in [-0.39, 0.29) is 0 Å². The van der Waals surface area contributed by atoms with Crippen molar-refractivity contribution in [1.82, 2.24) is 15.2 Å². The summed E-state index contributed by atoms with van der Waals surface area (Å²) < 4.78 is 0. The van der Waals surface area contributed by atoms with Crippen LogP contribution in [-0.4, -0.2) is 15.2 Å². The van der Waals surface area contributed by atoms with Gasteiger partial charge in [-0.1, -0.05) is 12.8 Å². The van der Waals surface area contributed by atoms with Crippen molar-refractivity contribution < 1.29 is 0 Å². The van der Waals surface area contributed by atoms with Crippen LogP contribution in [-0.2, 0) is 0 Å². The molecular weight excluding hydrogens is 200 g/mol. The third kappa shape index (κ3) is 1.37. The van der Waals surface area contributed by atoms with Crippen LogP contribution in [0.1, 0.15) is 43.0 Å². The minimum absolute atomic E-state index is 0.619. The predicted octanol–water partition coefficient (Wildman–Crippen LogP) is 2.51. The first kappa shape index (κ1) is 9.63. The largest absolute Gasteiger partial charge is 0.397 e. The highest BCUT2D eigenvalue weighted by atomic mass is 15.2. The standard InChI is InChI=1S/C12H16N4/c1-7-10(13)6-9-11(8-4-2-3-5-8)15-16-12(9)14-7/h6,8H,2-5,13H2,1H3,(H,14,15,16). The van der Waals surface area contributed by atoms with Gasteiger partial charge in [0.1, 0.15) is 0 Å². The van der Waals surface area contributed by atoms with Gasteiger partial charge in [0.25, 0.3) is 0 Å². The molecule has 84 valence electrons. The SMILES string of the molecule is Cc1nc2n[nH]c(C3CCCC3)c2cc1N. The summed E-state index contributed by atoms with van der Waals surface area (Å²) in [5.41, 5.74) is 9.55. The number of aryl methyl sites for hydroxylation is 1. The topological polar surface area (TPSA) is 67.6 Å². The third-order valence-electron chi connectivity index (χ3n) is 3.57. The number of hydrogen-bond donors (Lipinski definition) is 2. The Labute approximate surface area is 94.3 Å². The van der Waals surface area contributed by atoms with E-state index in [1.54, 1.807) is 0 Å². The maximum absolute atomic E-state index is 5.91. The van der Waals surface area contributed by atoms with Crippen molar-refractivity contribution in [3.05, 3.63) is 17.5 Å². The van der Waals surface area contributed by atoms with Gasteiger partial charge >= 0.3 is 0 Å². The number of fused-ring (bicyclic) bond motifs is 1. The zero-order valence-electron chi connectivity index (χ0n) is 9.45. The van der Waals surface area contributed by atoms with Gasteiger partial charge in [-0.3, -0.25) is 5.10 Å². The van der Waals surface area contributed by atoms with E-state index in [1.165, 1.54) is 31.4 Å². The first-order chi connectivity index (χ1) is 7.75. The Morgan fingerprint density at radius 3 is 2.88 bits per heavy atom. The molecule has 0 saturated heterocycles. The molecule has 2 aromatic rings. The number of aromatic amines is 1. The summed E-state index contributed by atoms with van der Waals surface area (Å²) in [6.07, 6.45) is 5.15. The van der Waals surface area contributed by atoms with Crippen molar-refractivity contribution in [3.8, 4) is 0 Å². The van der Waals surface area contributed by atoms with Gasteiger partial charge in [-0.05, 0) is 25.8 Å². The van der Waals surface area contributed by atoms with Crippen LogP contribution in [0, 0.1) is 6.92 Å². The average Bonchev–Trinajstić information content (AvgIpc) is 2.87. The van der Waals surface area contributed by atoms with Crippen molar-refractivity contribution in [1.29, 1.82) is 0 Å². The summed E-state index contributed by atoms with van der Waals surface area (Å²) in [7, 11) is 0. The Kier molecular flexibility index (Phi) is 2.09. The Morgan fingerprint density at radius 1 is 1.38 bits per heavy atom. The third-order valence-corrected chi connectivity index (χ3v) is 3.57. The summed E-state index contributed by atoms with van der Waals surface area (Å²) in [6.45, 7) is 1.92. The van der Waals surface area contributed by atoms with Gasteiger partial charge in [0, 0.05) is 17.0 Å². The van der Waals surface area contributed by atoms with Gasteiger partial charge in [0.05, 0.1) is 11.4 Å². The van der Waals surface area contributed by atoms with Gasteiger partial charge in [0.2, 0.25) is 0 Å². The summed E-state index contributed by atoms with van der Waals surface area (Å²) in [5.74, 6) is 0.619. The van der Waals surface area contributed by atoms with Gasteiger partial charge in [0.15, 0.2) is 5.65 Å². The number of nitrogens with zero attached hydrogens (tertiary/aromatic N) is 2. The van der Waals surface area contributed by atoms with Crippen LogP contribution in [0.5, 0.6) is 0 Å². The van der Waals surface area contributed by atoms with Crippen molar-refractivity contribution >= 4 is 16.7 Å². The monoisotopic (exact) mass is 216 g/mol. The highest BCUT2D eigenvalue weighted by molar-refractivity contribution is 5.82. The molecule has 1 fully saturated rings. The van der Waals surface area contributed by atoms with E-state index >= 15 is 0 Å². The van der Waals surface area contributed by atoms with Gasteiger partial charge in [-0.25, -0.2) is 4.98 Å². The molecular formula is C12H16N4. The van der Waals surface area contributed by atoms with Crippen LogP contribution >= 0.6 is 0 Å². The van der Waals surface area contributed by atoms with Crippen molar-refractivity contribution in [2.45, 2.75) is 38.5 Å². The zero-order valence-corrected chi connectivity index (χ0v) is 9.45. The minimum atomic E-state index is 0.619. The summed E-state index contributed by atoms with van der Waals surface area (Å²) in [5, 5.41) is 8.52. The van der Waals surface area contributed by atoms with Crippen LogP contribution in [0.4, 0.5) is 5.69 Å². The fourth-order valence-corrected chi connectivity index (χ4v) is 2.59. The molecule has 0 spiro atoms. The number of aromatic nitrogens is 3. The Hall–Kier alpha value is -1.58. The van der Waals surface area contributed by atoms with E-state index in [2.05, 4.69) is 15.2 Å². The summed E-state index contributed by atoms with van der Waals surface area (Å²) in [4.78, 5) is 4.40. The lowest BCUT2D eigenvalue weighted by molar-refractivity contribution is 0.698. The van der Waals surface area contributed by atoms with Crippen LogP contribution in [0.2, 0.25) is 0 Å². The summed E-state index contributed by atoms with van der Waals surface area (Å²) >= 11 is 0. The fourth-order valence-electron chi connectivity index (χ4n) is 2.59. The highest BCUT2D eigenvalue weighted by Crippen LogP contribution is 2.36. The molecule has 3 N–H and O–H groups in total. The second kappa shape index (κ2) is 3.47. The molecule has 4 heteroatoms. The molecule has 1 aliphatic rings. The number of hydrogen-bond acceptors (Lipinski definition) is 3. The minimum Gasteiger partial charge on any atom is -0.397 e. The molecule has 4 nitrogen and oxygen atoms in total. The Morgan fingerprint density at radius 2 is 2.12 bits per heavy atom. The first-order valence-electron chi connectivity index (χ1n) is 5.87. The average molecular weight is 216 g/mol. The number of rotatable bonds is 1. The second-order valence-electron chi connectivity index (χ2n) is 4.65. The number of pyridine rings is 1. The van der Waals surface area contributed by atoms with Gasteiger partial charge in [-0.2, -0.15) is 5.10 Å². The van der Waals surface area contributed by atoms with E-state index in [1.807, 2.05) is 13.0 Å². The van der Waals surface area contributed by atoms with Crippen LogP contribution in [0.3, 0.4) is 0 Å². The normalized spacial score (nSPS) is 17.3. The van der Waals surface area contributed by atoms with E-state index in [9.17, 15) is 0 Å². The lowest BCUT2D eigenvalue weighted by Gasteiger charge is -2.06. The molecule has 1 saturated carbocycles. The van der Waals surface area contributed by atoms with Crippen LogP contribution < -0.4 is 5.73 Å².